The third-order valence-electron chi connectivity index (χ3n) is 3.54. The summed E-state index contributed by atoms with van der Waals surface area (Å²) in [7, 11) is 1.87. The van der Waals surface area contributed by atoms with Crippen molar-refractivity contribution in [3.05, 3.63) is 59.4 Å². The van der Waals surface area contributed by atoms with Gasteiger partial charge in [-0.05, 0) is 23.8 Å². The first-order valence-electron chi connectivity index (χ1n) is 7.58. The Kier molecular flexibility index (Phi) is 5.67. The minimum absolute atomic E-state index is 0.0848. The van der Waals surface area contributed by atoms with Gasteiger partial charge in [-0.1, -0.05) is 41.6 Å². The Balaban J connectivity index is 1.56. The number of amides is 1. The van der Waals surface area contributed by atoms with Crippen molar-refractivity contribution in [3.63, 3.8) is 0 Å². The van der Waals surface area contributed by atoms with Gasteiger partial charge in [0.15, 0.2) is 11.0 Å². The fraction of sp³-hybridized carbons (Fsp3) is 0.176. The van der Waals surface area contributed by atoms with E-state index in [0.29, 0.717) is 16.7 Å². The first kappa shape index (κ1) is 17.4. The first-order chi connectivity index (χ1) is 12.1. The van der Waals surface area contributed by atoms with E-state index in [2.05, 4.69) is 20.5 Å². The fourth-order valence-corrected chi connectivity index (χ4v) is 3.15. The van der Waals surface area contributed by atoms with E-state index in [1.54, 1.807) is 18.5 Å². The Labute approximate surface area is 154 Å². The highest BCUT2D eigenvalue weighted by atomic mass is 35.5. The van der Waals surface area contributed by atoms with Crippen molar-refractivity contribution in [1.82, 2.24) is 25.1 Å². The summed E-state index contributed by atoms with van der Waals surface area (Å²) in [6, 6.07) is 11.2. The number of hydrogen-bond donors (Lipinski definition) is 1. The van der Waals surface area contributed by atoms with E-state index in [-0.39, 0.29) is 11.7 Å². The van der Waals surface area contributed by atoms with Crippen LogP contribution in [0.4, 0.5) is 0 Å². The zero-order valence-corrected chi connectivity index (χ0v) is 15.1. The minimum Gasteiger partial charge on any atom is -0.351 e. The SMILES string of the molecule is Cn1c(SCC(=O)NCc2ccccc2Cl)nnc1-c1ccncc1. The summed E-state index contributed by atoms with van der Waals surface area (Å²) in [5.41, 5.74) is 1.82. The highest BCUT2D eigenvalue weighted by molar-refractivity contribution is 7.99. The molecule has 1 N–H and O–H groups in total. The molecule has 0 aliphatic heterocycles. The second-order valence-corrected chi connectivity index (χ2v) is 6.61. The second kappa shape index (κ2) is 8.13. The number of nitrogens with one attached hydrogen (secondary N) is 1. The number of aromatic nitrogens is 4. The van der Waals surface area contributed by atoms with Crippen molar-refractivity contribution in [2.75, 3.05) is 5.75 Å². The lowest BCUT2D eigenvalue weighted by Gasteiger charge is -2.07. The van der Waals surface area contributed by atoms with Crippen molar-refractivity contribution in [1.29, 1.82) is 0 Å². The number of nitrogens with zero attached hydrogens (tertiary/aromatic N) is 4. The van der Waals surface area contributed by atoms with E-state index in [1.807, 2.05) is 41.9 Å². The number of rotatable bonds is 6. The van der Waals surface area contributed by atoms with Crippen LogP contribution in [0.15, 0.2) is 53.9 Å². The molecule has 1 aromatic carbocycles. The lowest BCUT2D eigenvalue weighted by Crippen LogP contribution is -2.24. The quantitative estimate of drug-likeness (QED) is 0.672. The normalized spacial score (nSPS) is 10.6. The third-order valence-corrected chi connectivity index (χ3v) is 4.93. The summed E-state index contributed by atoms with van der Waals surface area (Å²) in [5.74, 6) is 0.909. The zero-order chi connectivity index (χ0) is 17.6. The van der Waals surface area contributed by atoms with Gasteiger partial charge >= 0.3 is 0 Å². The molecular formula is C17H16ClN5OS. The molecule has 0 aliphatic rings. The number of benzene rings is 1. The molecule has 1 amide bonds. The maximum absolute atomic E-state index is 12.0. The predicted octanol–water partition coefficient (Wildman–Crippen LogP) is 2.94. The third kappa shape index (κ3) is 4.37. The van der Waals surface area contributed by atoms with E-state index in [9.17, 15) is 4.79 Å². The average molecular weight is 374 g/mol. The average Bonchev–Trinajstić information content (AvgIpc) is 3.00. The molecule has 8 heteroatoms. The molecular weight excluding hydrogens is 358 g/mol. The van der Waals surface area contributed by atoms with E-state index in [4.69, 9.17) is 11.6 Å². The van der Waals surface area contributed by atoms with Gasteiger partial charge in [-0.15, -0.1) is 10.2 Å². The van der Waals surface area contributed by atoms with Gasteiger partial charge in [-0.25, -0.2) is 0 Å². The smallest absolute Gasteiger partial charge is 0.230 e. The Bertz CT molecular complexity index is 868. The highest BCUT2D eigenvalue weighted by Gasteiger charge is 2.13. The summed E-state index contributed by atoms with van der Waals surface area (Å²) in [6.07, 6.45) is 3.41. The van der Waals surface area contributed by atoms with Crippen LogP contribution in [0.5, 0.6) is 0 Å². The Morgan fingerprint density at radius 2 is 1.96 bits per heavy atom. The number of hydrogen-bond acceptors (Lipinski definition) is 5. The minimum atomic E-state index is -0.0848. The Morgan fingerprint density at radius 1 is 1.20 bits per heavy atom. The van der Waals surface area contributed by atoms with Gasteiger partial charge in [0.1, 0.15) is 0 Å². The molecule has 0 radical (unpaired) electrons. The van der Waals surface area contributed by atoms with E-state index < -0.39 is 0 Å². The van der Waals surface area contributed by atoms with Gasteiger partial charge in [0.05, 0.1) is 5.75 Å². The first-order valence-corrected chi connectivity index (χ1v) is 8.94. The summed E-state index contributed by atoms with van der Waals surface area (Å²) in [6.45, 7) is 0.403. The molecule has 25 heavy (non-hydrogen) atoms. The van der Waals surface area contributed by atoms with E-state index in [0.717, 1.165) is 17.0 Å². The van der Waals surface area contributed by atoms with Crippen molar-refractivity contribution in [2.45, 2.75) is 11.7 Å². The van der Waals surface area contributed by atoms with Gasteiger partial charge in [-0.2, -0.15) is 0 Å². The zero-order valence-electron chi connectivity index (χ0n) is 13.5. The lowest BCUT2D eigenvalue weighted by molar-refractivity contribution is -0.118. The van der Waals surface area contributed by atoms with Gasteiger partial charge in [0.2, 0.25) is 5.91 Å². The molecule has 0 atom stereocenters. The highest BCUT2D eigenvalue weighted by Crippen LogP contribution is 2.22. The monoisotopic (exact) mass is 373 g/mol. The van der Waals surface area contributed by atoms with Crippen LogP contribution >= 0.6 is 23.4 Å². The number of pyridine rings is 1. The van der Waals surface area contributed by atoms with Crippen LogP contribution in [0.25, 0.3) is 11.4 Å². The van der Waals surface area contributed by atoms with Crippen molar-refractivity contribution < 1.29 is 4.79 Å². The van der Waals surface area contributed by atoms with Crippen LogP contribution in [0.1, 0.15) is 5.56 Å². The second-order valence-electron chi connectivity index (χ2n) is 5.26. The number of halogens is 1. The molecule has 0 unspecified atom stereocenters. The molecule has 2 aromatic heterocycles. The van der Waals surface area contributed by atoms with Crippen molar-refractivity contribution in [2.24, 2.45) is 7.05 Å². The van der Waals surface area contributed by atoms with E-state index in [1.165, 1.54) is 11.8 Å². The van der Waals surface area contributed by atoms with Gasteiger partial charge in [0, 0.05) is 36.6 Å². The Hall–Kier alpha value is -2.38. The van der Waals surface area contributed by atoms with Crippen LogP contribution in [0.3, 0.4) is 0 Å². The molecule has 0 spiro atoms. The molecule has 128 valence electrons. The topological polar surface area (TPSA) is 72.7 Å². The molecule has 2 heterocycles. The lowest BCUT2D eigenvalue weighted by atomic mass is 10.2. The van der Waals surface area contributed by atoms with E-state index >= 15 is 0 Å². The molecule has 0 saturated heterocycles. The van der Waals surface area contributed by atoms with Crippen LogP contribution in [0.2, 0.25) is 5.02 Å². The van der Waals surface area contributed by atoms with Crippen LogP contribution in [-0.4, -0.2) is 31.4 Å². The molecule has 3 rings (SSSR count). The summed E-state index contributed by atoms with van der Waals surface area (Å²) in [4.78, 5) is 16.0. The molecule has 0 bridgehead atoms. The maximum atomic E-state index is 12.0. The molecule has 0 fully saturated rings. The van der Waals surface area contributed by atoms with Crippen molar-refractivity contribution >= 4 is 29.3 Å². The largest absolute Gasteiger partial charge is 0.351 e. The molecule has 3 aromatic rings. The number of carbonyl (C=O) groups is 1. The Morgan fingerprint density at radius 3 is 2.72 bits per heavy atom. The predicted molar refractivity (Wildman–Crippen MR) is 98.3 cm³/mol. The van der Waals surface area contributed by atoms with Gasteiger partial charge in [0.25, 0.3) is 0 Å². The summed E-state index contributed by atoms with van der Waals surface area (Å²) in [5, 5.41) is 12.5. The summed E-state index contributed by atoms with van der Waals surface area (Å²) < 4.78 is 1.86. The van der Waals surface area contributed by atoms with Gasteiger partial charge < -0.3 is 9.88 Å². The molecule has 0 saturated carbocycles. The number of carbonyl (C=O) groups excluding carboxylic acids is 1. The fourth-order valence-electron chi connectivity index (χ4n) is 2.21. The van der Waals surface area contributed by atoms with Crippen LogP contribution in [0, 0.1) is 0 Å². The standard InChI is InChI=1S/C17H16ClN5OS/c1-23-16(12-6-8-19-9-7-12)21-22-17(23)25-11-15(24)20-10-13-4-2-3-5-14(13)18/h2-9H,10-11H2,1H3,(H,20,24). The number of thioether (sulfide) groups is 1. The van der Waals surface area contributed by atoms with Crippen LogP contribution < -0.4 is 5.32 Å². The molecule has 6 nitrogen and oxygen atoms in total. The maximum Gasteiger partial charge on any atom is 0.230 e. The van der Waals surface area contributed by atoms with Crippen LogP contribution in [-0.2, 0) is 18.4 Å². The van der Waals surface area contributed by atoms with Crippen molar-refractivity contribution in [3.8, 4) is 11.4 Å². The molecule has 0 aliphatic carbocycles. The summed E-state index contributed by atoms with van der Waals surface area (Å²) >= 11 is 7.42. The van der Waals surface area contributed by atoms with Gasteiger partial charge in [-0.3, -0.25) is 9.78 Å².